The van der Waals surface area contributed by atoms with Crippen molar-refractivity contribution in [1.29, 1.82) is 0 Å². The fourth-order valence-corrected chi connectivity index (χ4v) is 4.98. The molecule has 0 aromatic carbocycles. The van der Waals surface area contributed by atoms with Crippen LogP contribution in [0.1, 0.15) is 71.1 Å². The average Bonchev–Trinajstić information content (AvgIpc) is 2.48. The molecule has 1 saturated heterocycles. The van der Waals surface area contributed by atoms with Gasteiger partial charge in [-0.15, -0.1) is 0 Å². The lowest BCUT2D eigenvalue weighted by Gasteiger charge is -2.50. The van der Waals surface area contributed by atoms with Crippen molar-refractivity contribution >= 4 is 0 Å². The van der Waals surface area contributed by atoms with Crippen molar-refractivity contribution in [1.82, 2.24) is 10.2 Å². The molecule has 2 heteroatoms. The van der Waals surface area contributed by atoms with Crippen LogP contribution >= 0.6 is 0 Å². The SMILES string of the molecule is CCC1CCCCC1N1CCNC2(CCCCC2)C1. The lowest BCUT2D eigenvalue weighted by atomic mass is 9.77. The highest BCUT2D eigenvalue weighted by Gasteiger charge is 2.39. The molecule has 0 aromatic heterocycles. The Morgan fingerprint density at radius 1 is 1.05 bits per heavy atom. The third kappa shape index (κ3) is 3.00. The van der Waals surface area contributed by atoms with Crippen molar-refractivity contribution in [3.05, 3.63) is 0 Å². The minimum Gasteiger partial charge on any atom is -0.309 e. The first-order valence-electron chi connectivity index (χ1n) is 8.82. The summed E-state index contributed by atoms with van der Waals surface area (Å²) in [7, 11) is 0. The lowest BCUT2D eigenvalue weighted by Crippen LogP contribution is -2.63. The predicted octanol–water partition coefficient (Wildman–Crippen LogP) is 3.56. The van der Waals surface area contributed by atoms with E-state index in [0.717, 1.165) is 12.0 Å². The van der Waals surface area contributed by atoms with E-state index in [0.29, 0.717) is 5.54 Å². The Kier molecular flexibility index (Phi) is 4.48. The van der Waals surface area contributed by atoms with Crippen LogP contribution in [-0.2, 0) is 0 Å². The summed E-state index contributed by atoms with van der Waals surface area (Å²) >= 11 is 0. The quantitative estimate of drug-likeness (QED) is 0.820. The van der Waals surface area contributed by atoms with Crippen LogP contribution in [0.3, 0.4) is 0 Å². The highest BCUT2D eigenvalue weighted by Crippen LogP contribution is 2.35. The van der Waals surface area contributed by atoms with Gasteiger partial charge in [0.2, 0.25) is 0 Å². The van der Waals surface area contributed by atoms with Crippen LogP contribution in [0.15, 0.2) is 0 Å². The average molecular weight is 264 g/mol. The smallest absolute Gasteiger partial charge is 0.0309 e. The van der Waals surface area contributed by atoms with Crippen molar-refractivity contribution in [3.8, 4) is 0 Å². The molecule has 1 N–H and O–H groups in total. The number of hydrogen-bond donors (Lipinski definition) is 1. The maximum atomic E-state index is 3.89. The molecule has 3 fully saturated rings. The molecule has 2 aliphatic carbocycles. The summed E-state index contributed by atoms with van der Waals surface area (Å²) in [5.41, 5.74) is 0.492. The van der Waals surface area contributed by atoms with E-state index in [1.807, 2.05) is 0 Å². The molecule has 0 amide bonds. The van der Waals surface area contributed by atoms with E-state index in [1.54, 1.807) is 0 Å². The topological polar surface area (TPSA) is 15.3 Å². The first kappa shape index (κ1) is 13.9. The zero-order valence-electron chi connectivity index (χ0n) is 12.8. The Labute approximate surface area is 119 Å². The number of hydrogen-bond acceptors (Lipinski definition) is 2. The Morgan fingerprint density at radius 2 is 1.84 bits per heavy atom. The Bertz CT molecular complexity index is 277. The molecule has 0 aromatic rings. The maximum Gasteiger partial charge on any atom is 0.0309 e. The Morgan fingerprint density at radius 3 is 2.63 bits per heavy atom. The maximum absolute atomic E-state index is 3.89. The van der Waals surface area contributed by atoms with Gasteiger partial charge in [0.05, 0.1) is 0 Å². The second kappa shape index (κ2) is 6.13. The summed E-state index contributed by atoms with van der Waals surface area (Å²) in [6.07, 6.45) is 14.5. The van der Waals surface area contributed by atoms with Crippen molar-refractivity contribution in [2.24, 2.45) is 5.92 Å². The zero-order valence-corrected chi connectivity index (χ0v) is 12.8. The van der Waals surface area contributed by atoms with Crippen molar-refractivity contribution < 1.29 is 0 Å². The summed E-state index contributed by atoms with van der Waals surface area (Å²) < 4.78 is 0. The second-order valence-electron chi connectivity index (χ2n) is 7.26. The molecule has 2 unspecified atom stereocenters. The van der Waals surface area contributed by atoms with Crippen LogP contribution in [0.4, 0.5) is 0 Å². The molecule has 2 nitrogen and oxygen atoms in total. The van der Waals surface area contributed by atoms with E-state index in [2.05, 4.69) is 17.1 Å². The molecule has 3 rings (SSSR count). The van der Waals surface area contributed by atoms with Crippen LogP contribution in [0.2, 0.25) is 0 Å². The highest BCUT2D eigenvalue weighted by molar-refractivity contribution is 4.99. The number of nitrogens with one attached hydrogen (secondary N) is 1. The minimum absolute atomic E-state index is 0.492. The van der Waals surface area contributed by atoms with Crippen molar-refractivity contribution in [3.63, 3.8) is 0 Å². The fourth-order valence-electron chi connectivity index (χ4n) is 4.98. The van der Waals surface area contributed by atoms with Gasteiger partial charge >= 0.3 is 0 Å². The normalized spacial score (nSPS) is 36.5. The molecule has 1 aliphatic heterocycles. The third-order valence-corrected chi connectivity index (χ3v) is 6.08. The summed E-state index contributed by atoms with van der Waals surface area (Å²) in [5.74, 6) is 0.979. The number of piperazine rings is 1. The van der Waals surface area contributed by atoms with Crippen LogP contribution < -0.4 is 5.32 Å². The molecular weight excluding hydrogens is 232 g/mol. The molecular formula is C17H32N2. The molecule has 2 atom stereocenters. The van der Waals surface area contributed by atoms with Gasteiger partial charge in [0.1, 0.15) is 0 Å². The standard InChI is InChI=1S/C17H32N2/c1-2-15-8-4-5-9-16(15)19-13-12-18-17(14-19)10-6-3-7-11-17/h15-16,18H,2-14H2,1H3. The van der Waals surface area contributed by atoms with Gasteiger partial charge in [-0.2, -0.15) is 0 Å². The van der Waals surface area contributed by atoms with Gasteiger partial charge in [-0.05, 0) is 31.6 Å². The van der Waals surface area contributed by atoms with Gasteiger partial charge in [-0.1, -0.05) is 45.4 Å². The summed E-state index contributed by atoms with van der Waals surface area (Å²) in [6.45, 7) is 6.27. The van der Waals surface area contributed by atoms with Crippen LogP contribution in [-0.4, -0.2) is 36.1 Å². The first-order chi connectivity index (χ1) is 9.33. The minimum atomic E-state index is 0.492. The Hall–Kier alpha value is -0.0800. The molecule has 1 spiro atoms. The monoisotopic (exact) mass is 264 g/mol. The predicted molar refractivity (Wildman–Crippen MR) is 81.4 cm³/mol. The molecule has 0 bridgehead atoms. The second-order valence-corrected chi connectivity index (χ2v) is 7.26. The first-order valence-corrected chi connectivity index (χ1v) is 8.82. The van der Waals surface area contributed by atoms with Crippen molar-refractivity contribution in [2.45, 2.75) is 82.7 Å². The van der Waals surface area contributed by atoms with E-state index in [1.165, 1.54) is 83.8 Å². The molecule has 19 heavy (non-hydrogen) atoms. The Balaban J connectivity index is 1.66. The largest absolute Gasteiger partial charge is 0.309 e. The van der Waals surface area contributed by atoms with Gasteiger partial charge in [0, 0.05) is 31.2 Å². The van der Waals surface area contributed by atoms with E-state index < -0.39 is 0 Å². The van der Waals surface area contributed by atoms with Gasteiger partial charge in [-0.25, -0.2) is 0 Å². The van der Waals surface area contributed by atoms with Gasteiger partial charge in [-0.3, -0.25) is 4.90 Å². The summed E-state index contributed by atoms with van der Waals surface area (Å²) in [5, 5.41) is 3.89. The molecule has 1 heterocycles. The van der Waals surface area contributed by atoms with Crippen molar-refractivity contribution in [2.75, 3.05) is 19.6 Å². The number of rotatable bonds is 2. The third-order valence-electron chi connectivity index (χ3n) is 6.08. The molecule has 0 radical (unpaired) electrons. The van der Waals surface area contributed by atoms with E-state index in [9.17, 15) is 0 Å². The number of nitrogens with zero attached hydrogens (tertiary/aromatic N) is 1. The summed E-state index contributed by atoms with van der Waals surface area (Å²) in [6, 6.07) is 0.902. The van der Waals surface area contributed by atoms with Crippen LogP contribution in [0.5, 0.6) is 0 Å². The highest BCUT2D eigenvalue weighted by atomic mass is 15.2. The van der Waals surface area contributed by atoms with E-state index >= 15 is 0 Å². The summed E-state index contributed by atoms with van der Waals surface area (Å²) in [4.78, 5) is 2.88. The fraction of sp³-hybridized carbons (Fsp3) is 1.00. The van der Waals surface area contributed by atoms with Crippen LogP contribution in [0.25, 0.3) is 0 Å². The molecule has 110 valence electrons. The van der Waals surface area contributed by atoms with Gasteiger partial charge in [0.15, 0.2) is 0 Å². The van der Waals surface area contributed by atoms with Gasteiger partial charge in [0.25, 0.3) is 0 Å². The van der Waals surface area contributed by atoms with E-state index in [-0.39, 0.29) is 0 Å². The molecule has 2 saturated carbocycles. The lowest BCUT2D eigenvalue weighted by molar-refractivity contribution is 0.0285. The van der Waals surface area contributed by atoms with Gasteiger partial charge < -0.3 is 5.32 Å². The van der Waals surface area contributed by atoms with E-state index in [4.69, 9.17) is 0 Å². The van der Waals surface area contributed by atoms with Crippen LogP contribution in [0, 0.1) is 5.92 Å². The molecule has 3 aliphatic rings. The zero-order chi connectivity index (χ0) is 13.1.